The fourth-order valence-corrected chi connectivity index (χ4v) is 9.34. The first-order valence-electron chi connectivity index (χ1n) is 27.9. The summed E-state index contributed by atoms with van der Waals surface area (Å²) >= 11 is 0. The Balaban J connectivity index is 0.000000232. The summed E-state index contributed by atoms with van der Waals surface area (Å²) in [7, 11) is 0. The average Bonchev–Trinajstić information content (AvgIpc) is 4.38. The summed E-state index contributed by atoms with van der Waals surface area (Å²) in [5.41, 5.74) is 4.99. The van der Waals surface area contributed by atoms with E-state index in [0.29, 0.717) is 39.7 Å². The maximum absolute atomic E-state index is 12.5. The van der Waals surface area contributed by atoms with Crippen molar-refractivity contribution in [3.8, 4) is 46.1 Å². The summed E-state index contributed by atoms with van der Waals surface area (Å²) in [6.45, 7) is 17.2. The molecule has 8 rings (SSSR count). The molecule has 16 nitrogen and oxygen atoms in total. The minimum atomic E-state index is -4.64. The molecule has 0 bridgehead atoms. The van der Waals surface area contributed by atoms with Crippen molar-refractivity contribution in [3.05, 3.63) is 120 Å². The molecule has 0 unspecified atom stereocenters. The van der Waals surface area contributed by atoms with Crippen molar-refractivity contribution in [2.45, 2.75) is 194 Å². The summed E-state index contributed by atoms with van der Waals surface area (Å²) in [5, 5.41) is 25.9. The number of rotatable bonds is 24. The molecule has 8 heterocycles. The van der Waals surface area contributed by atoms with Crippen LogP contribution in [0.3, 0.4) is 0 Å². The van der Waals surface area contributed by atoms with E-state index in [4.69, 9.17) is 0 Å². The van der Waals surface area contributed by atoms with Crippen LogP contribution in [0.4, 0.5) is 26.3 Å². The summed E-state index contributed by atoms with van der Waals surface area (Å²) < 4.78 is 74.8. The molecular formula is C58H76F6N16Pt. The number of halogens is 6. The Labute approximate surface area is 486 Å². The van der Waals surface area contributed by atoms with Gasteiger partial charge in [0.2, 0.25) is 5.82 Å². The van der Waals surface area contributed by atoms with Crippen LogP contribution in [0.5, 0.6) is 0 Å². The largest absolute Gasteiger partial charge is 2.00 e. The van der Waals surface area contributed by atoms with Gasteiger partial charge >= 0.3 is 33.4 Å². The number of hydrogen-bond donors (Lipinski definition) is 2. The molecule has 0 aliphatic heterocycles. The van der Waals surface area contributed by atoms with E-state index in [1.165, 1.54) is 139 Å². The van der Waals surface area contributed by atoms with Gasteiger partial charge in [0.15, 0.2) is 11.6 Å². The van der Waals surface area contributed by atoms with Crippen LogP contribution in [0.2, 0.25) is 0 Å². The van der Waals surface area contributed by atoms with Crippen molar-refractivity contribution in [2.75, 3.05) is 0 Å². The Bertz CT molecular complexity index is 2730. The van der Waals surface area contributed by atoms with Crippen LogP contribution in [0.15, 0.2) is 85.5 Å². The van der Waals surface area contributed by atoms with Gasteiger partial charge in [0.1, 0.15) is 23.0 Å². The van der Waals surface area contributed by atoms with E-state index in [9.17, 15) is 26.3 Å². The smallest absolute Gasteiger partial charge is 0.421 e. The van der Waals surface area contributed by atoms with Crippen molar-refractivity contribution in [1.82, 2.24) is 80.7 Å². The quantitative estimate of drug-likeness (QED) is 0.0539. The second-order valence-electron chi connectivity index (χ2n) is 19.9. The Morgan fingerprint density at radius 1 is 0.432 bits per heavy atom. The Morgan fingerprint density at radius 3 is 1.16 bits per heavy atom. The number of aromatic amines is 2. The zero-order valence-corrected chi connectivity index (χ0v) is 49.9. The summed E-state index contributed by atoms with van der Waals surface area (Å²) in [4.78, 5) is 31.5. The minimum absolute atomic E-state index is 0. The fourth-order valence-electron chi connectivity index (χ4n) is 9.34. The van der Waals surface area contributed by atoms with Gasteiger partial charge in [0.05, 0.1) is 11.4 Å². The first-order valence-corrected chi connectivity index (χ1v) is 27.9. The first kappa shape index (κ1) is 66.9. The molecule has 0 radical (unpaired) electrons. The molecule has 0 aromatic carbocycles. The molecule has 0 atom stereocenters. The second kappa shape index (κ2) is 33.4. The van der Waals surface area contributed by atoms with Gasteiger partial charge < -0.3 is 20.2 Å². The third-order valence-corrected chi connectivity index (χ3v) is 13.7. The van der Waals surface area contributed by atoms with Crippen LogP contribution in [-0.2, 0) is 44.2 Å². The van der Waals surface area contributed by atoms with Crippen molar-refractivity contribution in [1.29, 1.82) is 0 Å². The van der Waals surface area contributed by atoms with Crippen LogP contribution in [0.25, 0.3) is 46.1 Å². The monoisotopic (exact) mass is 1310 g/mol. The summed E-state index contributed by atoms with van der Waals surface area (Å²) in [6.07, 6.45) is 22.5. The van der Waals surface area contributed by atoms with E-state index < -0.39 is 24.0 Å². The molecule has 0 amide bonds. The van der Waals surface area contributed by atoms with Gasteiger partial charge in [-0.1, -0.05) is 131 Å². The Morgan fingerprint density at radius 2 is 0.815 bits per heavy atom. The number of nitrogens with zero attached hydrogens (tertiary/aromatic N) is 14. The Hall–Kier alpha value is -6.57. The molecule has 8 aromatic rings. The van der Waals surface area contributed by atoms with Crippen molar-refractivity contribution >= 4 is 0 Å². The number of pyridine rings is 4. The average molecular weight is 1310 g/mol. The number of H-pyrrole nitrogens is 2. The third kappa shape index (κ3) is 20.4. The molecule has 0 saturated carbocycles. The van der Waals surface area contributed by atoms with Gasteiger partial charge in [-0.05, 0) is 135 Å². The second-order valence-corrected chi connectivity index (χ2v) is 19.9. The van der Waals surface area contributed by atoms with E-state index in [-0.39, 0.29) is 49.9 Å². The van der Waals surface area contributed by atoms with Gasteiger partial charge in [-0.2, -0.15) is 36.5 Å². The van der Waals surface area contributed by atoms with E-state index in [0.717, 1.165) is 0 Å². The van der Waals surface area contributed by atoms with E-state index >= 15 is 0 Å². The van der Waals surface area contributed by atoms with E-state index in [1.54, 1.807) is 38.1 Å². The zero-order valence-electron chi connectivity index (χ0n) is 47.7. The molecule has 0 saturated heterocycles. The van der Waals surface area contributed by atoms with Crippen molar-refractivity contribution < 1.29 is 47.4 Å². The van der Waals surface area contributed by atoms with Gasteiger partial charge in [0.25, 0.3) is 0 Å². The molecule has 0 fully saturated rings. The molecule has 2 N–H and O–H groups in total. The van der Waals surface area contributed by atoms with Gasteiger partial charge in [-0.25, -0.2) is 19.9 Å². The number of unbranched alkanes of at least 4 members (excludes halogenated alkanes) is 6. The number of nitrogens with one attached hydrogen (secondary N) is 2. The van der Waals surface area contributed by atoms with Crippen LogP contribution < -0.4 is 10.2 Å². The Kier molecular flexibility index (Phi) is 27.6. The predicted octanol–water partition coefficient (Wildman–Crippen LogP) is 15.0. The molecule has 0 spiro atoms. The molecule has 23 heteroatoms. The SMILES string of the molecule is CCCCC(CCCC)(CCCC)c1ccncc1.CCCCC(CCCC)(CCCC)c1ccncc1.Cc1n[n-]c(-c2cccc(-c3nc(C(F)(F)F)n[n-]3)n2)n1.Cc1nc(-c2cccc(-c3n[nH]c(C(F)(F)F)n3)n2)n[nH]1.[Pt+2]. The van der Waals surface area contributed by atoms with Gasteiger partial charge in [-0.15, -0.1) is 0 Å². The molecule has 0 aliphatic rings. The first-order chi connectivity index (χ1) is 38.4. The summed E-state index contributed by atoms with van der Waals surface area (Å²) in [6, 6.07) is 18.4. The van der Waals surface area contributed by atoms with Gasteiger partial charge in [-0.3, -0.25) is 30.4 Å². The molecule has 0 aliphatic carbocycles. The predicted molar refractivity (Wildman–Crippen MR) is 296 cm³/mol. The topological polar surface area (TPSA) is 214 Å². The normalized spacial score (nSPS) is 11.6. The maximum Gasteiger partial charge on any atom is 2.00 e. The zero-order chi connectivity index (χ0) is 58.0. The van der Waals surface area contributed by atoms with Crippen molar-refractivity contribution in [2.24, 2.45) is 0 Å². The number of alkyl halides is 6. The van der Waals surface area contributed by atoms with Crippen molar-refractivity contribution in [3.63, 3.8) is 0 Å². The fraction of sp³-hybridized carbons (Fsp3) is 0.517. The van der Waals surface area contributed by atoms with E-state index in [2.05, 4.69) is 141 Å². The number of hydrogen-bond acceptors (Lipinski definition) is 12. The van der Waals surface area contributed by atoms with E-state index in [1.807, 2.05) is 29.9 Å². The minimum Gasteiger partial charge on any atom is -0.421 e. The molecule has 8 aromatic heterocycles. The molecular weight excluding hydrogens is 1230 g/mol. The molecule has 440 valence electrons. The standard InChI is InChI=1S/2C18H31N.C11H8F3N7.C11H6F3N7.Pt/c2*1-4-7-12-18(13-8-5-2,14-9-6-3)17-10-15-19-16-11-17;2*1-5-15-8(19-18-5)6-3-2-4-7(16-6)9-17-10(21-20-9)11(12,13)14;/h2*10-11,15-16H,4-9,12-14H2,1-3H3;2-4H,1H3,(H,15,18,19)(H,17,20,21);2-4H,1H3;/q;;;-2;+2. The van der Waals surface area contributed by atoms with Crippen LogP contribution in [-0.4, -0.2) is 70.5 Å². The van der Waals surface area contributed by atoms with Crippen LogP contribution in [0, 0.1) is 13.8 Å². The summed E-state index contributed by atoms with van der Waals surface area (Å²) in [5.74, 6) is -1.11. The van der Waals surface area contributed by atoms with Crippen LogP contribution >= 0.6 is 0 Å². The van der Waals surface area contributed by atoms with Gasteiger partial charge in [0, 0.05) is 30.6 Å². The van der Waals surface area contributed by atoms with Crippen LogP contribution in [0.1, 0.15) is 192 Å². The maximum atomic E-state index is 12.5. The number of aryl methyl sites for hydroxylation is 2. The third-order valence-electron chi connectivity index (χ3n) is 13.7. The molecule has 81 heavy (non-hydrogen) atoms. The number of aromatic nitrogens is 16.